The SMILES string of the molecule is O=C(Nc1ncc(F)s1)/C(=N/O[C@@H]1CCOC1)c1ccc(SCC2CC2)cc1. The van der Waals surface area contributed by atoms with E-state index in [9.17, 15) is 9.18 Å². The van der Waals surface area contributed by atoms with Crippen LogP contribution in [0.2, 0.25) is 0 Å². The predicted octanol–water partition coefficient (Wildman–Crippen LogP) is 3.93. The highest BCUT2D eigenvalue weighted by Crippen LogP contribution is 2.35. The number of thioether (sulfide) groups is 1. The minimum absolute atomic E-state index is 0.126. The molecular formula is C19H20FN3O3S2. The van der Waals surface area contributed by atoms with Gasteiger partial charge in [-0.1, -0.05) is 28.6 Å². The molecule has 28 heavy (non-hydrogen) atoms. The Kier molecular flexibility index (Phi) is 6.23. The van der Waals surface area contributed by atoms with E-state index >= 15 is 0 Å². The molecule has 0 bridgehead atoms. The fraction of sp³-hybridized carbons (Fsp3) is 0.421. The van der Waals surface area contributed by atoms with E-state index in [-0.39, 0.29) is 16.9 Å². The van der Waals surface area contributed by atoms with Gasteiger partial charge in [-0.25, -0.2) is 4.98 Å². The first-order chi connectivity index (χ1) is 13.7. The molecule has 1 aliphatic carbocycles. The van der Waals surface area contributed by atoms with Gasteiger partial charge in [0.1, 0.15) is 0 Å². The molecule has 0 spiro atoms. The molecule has 2 aromatic rings. The van der Waals surface area contributed by atoms with Crippen molar-refractivity contribution < 1.29 is 18.8 Å². The Labute approximate surface area is 170 Å². The lowest BCUT2D eigenvalue weighted by atomic mass is 10.1. The van der Waals surface area contributed by atoms with E-state index in [0.29, 0.717) is 18.8 Å². The minimum atomic E-state index is -0.494. The van der Waals surface area contributed by atoms with Gasteiger partial charge in [0.15, 0.2) is 22.1 Å². The molecule has 1 atom stereocenters. The highest BCUT2D eigenvalue weighted by atomic mass is 32.2. The summed E-state index contributed by atoms with van der Waals surface area (Å²) in [6.07, 6.45) is 4.26. The van der Waals surface area contributed by atoms with Gasteiger partial charge in [0.2, 0.25) is 0 Å². The number of carbonyl (C=O) groups excluding carboxylic acids is 1. The van der Waals surface area contributed by atoms with Crippen LogP contribution < -0.4 is 5.32 Å². The number of hydrogen-bond donors (Lipinski definition) is 1. The first kappa shape index (κ1) is 19.4. The van der Waals surface area contributed by atoms with E-state index in [4.69, 9.17) is 9.57 Å². The first-order valence-electron chi connectivity index (χ1n) is 9.15. The van der Waals surface area contributed by atoms with E-state index in [2.05, 4.69) is 15.5 Å². The molecule has 1 aromatic heterocycles. The molecule has 1 N–H and O–H groups in total. The van der Waals surface area contributed by atoms with E-state index in [1.165, 1.54) is 12.8 Å². The normalized spacial score (nSPS) is 19.6. The standard InChI is InChI=1S/C19H20FN3O3S2/c20-16-9-21-19(28-16)22-18(24)17(23-26-14-7-8-25-10-14)13-3-5-15(6-4-13)27-11-12-1-2-12/h3-6,9,12,14H,1-2,7-8,10-11H2,(H,21,22,24)/b23-17+/t14-/m1/s1. The average Bonchev–Trinajstić information content (AvgIpc) is 3.21. The molecule has 2 fully saturated rings. The number of nitrogens with one attached hydrogen (secondary N) is 1. The fourth-order valence-electron chi connectivity index (χ4n) is 2.62. The molecule has 2 aliphatic rings. The number of halogens is 1. The van der Waals surface area contributed by atoms with Crippen LogP contribution in [0, 0.1) is 11.0 Å². The van der Waals surface area contributed by atoms with Crippen molar-refractivity contribution in [1.29, 1.82) is 0 Å². The quantitative estimate of drug-likeness (QED) is 0.397. The molecule has 9 heteroatoms. The summed E-state index contributed by atoms with van der Waals surface area (Å²) in [4.78, 5) is 23.2. The number of anilines is 1. The monoisotopic (exact) mass is 421 g/mol. The second-order valence-corrected chi connectivity index (χ2v) is 8.81. The lowest BCUT2D eigenvalue weighted by Crippen LogP contribution is -2.25. The third-order valence-corrected chi connectivity index (χ3v) is 6.35. The van der Waals surface area contributed by atoms with Gasteiger partial charge in [-0.05, 0) is 30.9 Å². The van der Waals surface area contributed by atoms with Crippen molar-refractivity contribution in [2.24, 2.45) is 11.1 Å². The Hall–Kier alpha value is -1.97. The molecule has 1 saturated heterocycles. The van der Waals surface area contributed by atoms with Crippen molar-refractivity contribution in [3.05, 3.63) is 41.2 Å². The van der Waals surface area contributed by atoms with Crippen LogP contribution in [-0.2, 0) is 14.4 Å². The molecule has 1 aliphatic heterocycles. The number of amides is 1. The zero-order valence-electron chi connectivity index (χ0n) is 15.1. The fourth-order valence-corrected chi connectivity index (χ4v) is 4.25. The Bertz CT molecular complexity index is 846. The highest BCUT2D eigenvalue weighted by molar-refractivity contribution is 7.99. The van der Waals surface area contributed by atoms with Crippen LogP contribution in [0.15, 0.2) is 40.5 Å². The molecule has 0 radical (unpaired) electrons. The second kappa shape index (κ2) is 9.02. The summed E-state index contributed by atoms with van der Waals surface area (Å²) >= 11 is 2.58. The molecule has 1 amide bonds. The van der Waals surface area contributed by atoms with Crippen LogP contribution in [0.3, 0.4) is 0 Å². The molecule has 1 saturated carbocycles. The number of benzene rings is 1. The van der Waals surface area contributed by atoms with Crippen molar-refractivity contribution in [2.45, 2.75) is 30.3 Å². The zero-order valence-corrected chi connectivity index (χ0v) is 16.7. The highest BCUT2D eigenvalue weighted by Gasteiger charge is 2.22. The predicted molar refractivity (Wildman–Crippen MR) is 107 cm³/mol. The van der Waals surface area contributed by atoms with Crippen LogP contribution in [0.5, 0.6) is 0 Å². The number of carbonyl (C=O) groups is 1. The van der Waals surface area contributed by atoms with Gasteiger partial charge in [0.05, 0.1) is 19.4 Å². The molecule has 4 rings (SSSR count). The van der Waals surface area contributed by atoms with Crippen LogP contribution in [0.1, 0.15) is 24.8 Å². The second-order valence-electron chi connectivity index (χ2n) is 6.73. The third-order valence-electron chi connectivity index (χ3n) is 4.40. The zero-order chi connectivity index (χ0) is 19.3. The Balaban J connectivity index is 1.49. The summed E-state index contributed by atoms with van der Waals surface area (Å²) in [5.41, 5.74) is 0.755. The molecular weight excluding hydrogens is 401 g/mol. The largest absolute Gasteiger partial charge is 0.389 e. The molecule has 148 valence electrons. The van der Waals surface area contributed by atoms with Crippen LogP contribution in [-0.4, -0.2) is 41.7 Å². The van der Waals surface area contributed by atoms with Crippen LogP contribution >= 0.6 is 23.1 Å². The van der Waals surface area contributed by atoms with Crippen molar-refractivity contribution in [3.8, 4) is 0 Å². The number of ether oxygens (including phenoxy) is 1. The minimum Gasteiger partial charge on any atom is -0.389 e. The molecule has 1 aromatic carbocycles. The Morgan fingerprint density at radius 3 is 2.82 bits per heavy atom. The maximum absolute atomic E-state index is 13.2. The van der Waals surface area contributed by atoms with Crippen molar-refractivity contribution in [3.63, 3.8) is 0 Å². The van der Waals surface area contributed by atoms with E-state index < -0.39 is 11.0 Å². The van der Waals surface area contributed by atoms with Crippen molar-refractivity contribution in [2.75, 3.05) is 24.3 Å². The summed E-state index contributed by atoms with van der Waals surface area (Å²) in [6, 6.07) is 7.66. The Morgan fingerprint density at radius 2 is 2.18 bits per heavy atom. The lowest BCUT2D eigenvalue weighted by Gasteiger charge is -2.10. The maximum atomic E-state index is 13.2. The van der Waals surface area contributed by atoms with Crippen LogP contribution in [0.4, 0.5) is 9.52 Å². The number of thiazole rings is 1. The van der Waals surface area contributed by atoms with Gasteiger partial charge < -0.3 is 9.57 Å². The summed E-state index contributed by atoms with van der Waals surface area (Å²) < 4.78 is 18.4. The van der Waals surface area contributed by atoms with Crippen molar-refractivity contribution in [1.82, 2.24) is 4.98 Å². The van der Waals surface area contributed by atoms with E-state index in [0.717, 1.165) is 40.5 Å². The number of oxime groups is 1. The topological polar surface area (TPSA) is 72.8 Å². The number of hydrogen-bond acceptors (Lipinski definition) is 7. The smallest absolute Gasteiger partial charge is 0.280 e. The summed E-state index contributed by atoms with van der Waals surface area (Å²) in [6.45, 7) is 1.07. The van der Waals surface area contributed by atoms with E-state index in [1.807, 2.05) is 36.0 Å². The first-order valence-corrected chi connectivity index (χ1v) is 10.9. The van der Waals surface area contributed by atoms with Gasteiger partial charge in [0.25, 0.3) is 5.91 Å². The molecule has 6 nitrogen and oxygen atoms in total. The summed E-state index contributed by atoms with van der Waals surface area (Å²) in [5, 5.41) is 6.38. The maximum Gasteiger partial charge on any atom is 0.280 e. The number of nitrogens with zero attached hydrogens (tertiary/aromatic N) is 2. The van der Waals surface area contributed by atoms with Crippen LogP contribution in [0.25, 0.3) is 0 Å². The van der Waals surface area contributed by atoms with Gasteiger partial charge in [-0.15, -0.1) is 11.8 Å². The van der Waals surface area contributed by atoms with Gasteiger partial charge in [-0.2, -0.15) is 4.39 Å². The molecule has 2 heterocycles. The number of rotatable bonds is 8. The third kappa shape index (κ3) is 5.30. The summed E-state index contributed by atoms with van der Waals surface area (Å²) in [7, 11) is 0. The van der Waals surface area contributed by atoms with Gasteiger partial charge in [0, 0.05) is 22.6 Å². The van der Waals surface area contributed by atoms with Gasteiger partial charge >= 0.3 is 0 Å². The summed E-state index contributed by atoms with van der Waals surface area (Å²) in [5.74, 6) is 1.47. The average molecular weight is 422 g/mol. The van der Waals surface area contributed by atoms with E-state index in [1.54, 1.807) is 0 Å². The number of aromatic nitrogens is 1. The van der Waals surface area contributed by atoms with Crippen molar-refractivity contribution >= 4 is 39.8 Å². The molecule has 0 unspecified atom stereocenters. The van der Waals surface area contributed by atoms with Gasteiger partial charge in [-0.3, -0.25) is 10.1 Å². The Morgan fingerprint density at radius 1 is 1.36 bits per heavy atom. The lowest BCUT2D eigenvalue weighted by molar-refractivity contribution is -0.110.